The van der Waals surface area contributed by atoms with Crippen molar-refractivity contribution in [3.05, 3.63) is 21.7 Å². The van der Waals surface area contributed by atoms with Crippen molar-refractivity contribution in [2.45, 2.75) is 0 Å². The van der Waals surface area contributed by atoms with E-state index in [1.54, 1.807) is 0 Å². The Morgan fingerprint density at radius 3 is 3.06 bits per heavy atom. The number of aromatic amines is 1. The van der Waals surface area contributed by atoms with Gasteiger partial charge < -0.3 is 10.3 Å². The van der Waals surface area contributed by atoms with Crippen LogP contribution in [0, 0.1) is 0 Å². The van der Waals surface area contributed by atoms with Crippen molar-refractivity contribution in [2.75, 3.05) is 43.0 Å². The molecule has 94 valence electrons. The standard InChI is InChI=1S/C10H15ClN4OS/c11-8-9(13-7-14-10(8)16)12-1-2-15-3-5-17-6-4-15/h7H,1-6H2,(H2,12,13,14,16). The zero-order chi connectivity index (χ0) is 12.1. The molecule has 0 unspecified atom stereocenters. The van der Waals surface area contributed by atoms with Crippen LogP contribution in [0.2, 0.25) is 5.02 Å². The number of thioether (sulfide) groups is 1. The fourth-order valence-electron chi connectivity index (χ4n) is 1.66. The van der Waals surface area contributed by atoms with E-state index in [0.29, 0.717) is 5.82 Å². The monoisotopic (exact) mass is 274 g/mol. The smallest absolute Gasteiger partial charge is 0.271 e. The van der Waals surface area contributed by atoms with Crippen LogP contribution in [0.3, 0.4) is 0 Å². The first-order valence-corrected chi connectivity index (χ1v) is 7.08. The molecule has 1 aromatic rings. The summed E-state index contributed by atoms with van der Waals surface area (Å²) >= 11 is 7.82. The van der Waals surface area contributed by atoms with Gasteiger partial charge in [0.2, 0.25) is 0 Å². The van der Waals surface area contributed by atoms with E-state index in [4.69, 9.17) is 11.6 Å². The molecule has 5 nitrogen and oxygen atoms in total. The Labute approximate surface area is 109 Å². The van der Waals surface area contributed by atoms with Gasteiger partial charge in [-0.2, -0.15) is 11.8 Å². The Balaban J connectivity index is 1.81. The van der Waals surface area contributed by atoms with Crippen LogP contribution >= 0.6 is 23.4 Å². The van der Waals surface area contributed by atoms with Crippen molar-refractivity contribution in [1.29, 1.82) is 0 Å². The Hall–Kier alpha value is -0.720. The van der Waals surface area contributed by atoms with E-state index in [0.717, 1.165) is 26.2 Å². The van der Waals surface area contributed by atoms with Gasteiger partial charge in [0.1, 0.15) is 5.02 Å². The molecular formula is C10H15ClN4OS. The normalized spacial score (nSPS) is 17.0. The molecule has 0 atom stereocenters. The zero-order valence-corrected chi connectivity index (χ0v) is 11.0. The van der Waals surface area contributed by atoms with Crippen molar-refractivity contribution >= 4 is 29.2 Å². The first-order chi connectivity index (χ1) is 8.27. The van der Waals surface area contributed by atoms with Gasteiger partial charge in [-0.25, -0.2) is 4.98 Å². The highest BCUT2D eigenvalue weighted by Gasteiger charge is 2.10. The van der Waals surface area contributed by atoms with E-state index in [9.17, 15) is 4.79 Å². The summed E-state index contributed by atoms with van der Waals surface area (Å²) in [5.41, 5.74) is -0.307. The maximum Gasteiger partial charge on any atom is 0.271 e. The lowest BCUT2D eigenvalue weighted by Gasteiger charge is -2.26. The van der Waals surface area contributed by atoms with Gasteiger partial charge in [0, 0.05) is 37.7 Å². The van der Waals surface area contributed by atoms with Crippen LogP contribution in [0.5, 0.6) is 0 Å². The van der Waals surface area contributed by atoms with E-state index in [-0.39, 0.29) is 10.6 Å². The number of rotatable bonds is 4. The van der Waals surface area contributed by atoms with Gasteiger partial charge in [-0.05, 0) is 0 Å². The second-order valence-corrected chi connectivity index (χ2v) is 5.38. The van der Waals surface area contributed by atoms with Gasteiger partial charge in [-0.15, -0.1) is 0 Å². The number of hydrogen-bond donors (Lipinski definition) is 2. The molecule has 1 aliphatic rings. The van der Waals surface area contributed by atoms with Crippen LogP contribution in [0.4, 0.5) is 5.82 Å². The summed E-state index contributed by atoms with van der Waals surface area (Å²) in [4.78, 5) is 20.0. The second-order valence-electron chi connectivity index (χ2n) is 3.78. The summed E-state index contributed by atoms with van der Waals surface area (Å²) in [6.45, 7) is 3.96. The first-order valence-electron chi connectivity index (χ1n) is 5.54. The summed E-state index contributed by atoms with van der Waals surface area (Å²) in [5, 5.41) is 3.22. The topological polar surface area (TPSA) is 61.0 Å². The Bertz CT molecular complexity index is 419. The highest BCUT2D eigenvalue weighted by Crippen LogP contribution is 2.12. The predicted molar refractivity (Wildman–Crippen MR) is 72.1 cm³/mol. The average molecular weight is 275 g/mol. The van der Waals surface area contributed by atoms with Gasteiger partial charge in [0.05, 0.1) is 6.33 Å². The lowest BCUT2D eigenvalue weighted by atomic mass is 10.4. The molecular weight excluding hydrogens is 260 g/mol. The average Bonchev–Trinajstić information content (AvgIpc) is 2.36. The van der Waals surface area contributed by atoms with Gasteiger partial charge in [-0.3, -0.25) is 9.69 Å². The Morgan fingerprint density at radius 1 is 1.53 bits per heavy atom. The fourth-order valence-corrected chi connectivity index (χ4v) is 2.81. The molecule has 0 aromatic carbocycles. The SMILES string of the molecule is O=c1[nH]cnc(NCCN2CCSCC2)c1Cl. The molecule has 1 fully saturated rings. The molecule has 7 heteroatoms. The van der Waals surface area contributed by atoms with Crippen molar-refractivity contribution in [3.8, 4) is 0 Å². The molecule has 2 rings (SSSR count). The van der Waals surface area contributed by atoms with Crippen molar-refractivity contribution in [2.24, 2.45) is 0 Å². The van der Waals surface area contributed by atoms with Crippen molar-refractivity contribution in [3.63, 3.8) is 0 Å². The van der Waals surface area contributed by atoms with Crippen LogP contribution in [-0.2, 0) is 0 Å². The lowest BCUT2D eigenvalue weighted by molar-refractivity contribution is 0.314. The number of anilines is 1. The highest BCUT2D eigenvalue weighted by molar-refractivity contribution is 7.99. The van der Waals surface area contributed by atoms with Crippen LogP contribution in [0.25, 0.3) is 0 Å². The molecule has 0 spiro atoms. The number of nitrogens with one attached hydrogen (secondary N) is 2. The largest absolute Gasteiger partial charge is 0.367 e. The molecule has 1 aliphatic heterocycles. The molecule has 1 aromatic heterocycles. The molecule has 2 heterocycles. The third kappa shape index (κ3) is 3.62. The third-order valence-corrected chi connectivity index (χ3v) is 3.91. The summed E-state index contributed by atoms with van der Waals surface area (Å²) in [6.07, 6.45) is 1.36. The molecule has 0 aliphatic carbocycles. The second kappa shape index (κ2) is 6.28. The number of hydrogen-bond acceptors (Lipinski definition) is 5. The molecule has 2 N–H and O–H groups in total. The summed E-state index contributed by atoms with van der Waals surface area (Å²) < 4.78 is 0. The van der Waals surface area contributed by atoms with Crippen LogP contribution in [0.1, 0.15) is 0 Å². The minimum atomic E-state index is -0.307. The molecule has 17 heavy (non-hydrogen) atoms. The summed E-state index contributed by atoms with van der Waals surface area (Å²) in [5.74, 6) is 2.86. The van der Waals surface area contributed by atoms with Crippen LogP contribution in [-0.4, -0.2) is 52.6 Å². The zero-order valence-electron chi connectivity index (χ0n) is 9.41. The lowest BCUT2D eigenvalue weighted by Crippen LogP contribution is -2.36. The minimum Gasteiger partial charge on any atom is -0.367 e. The van der Waals surface area contributed by atoms with Crippen LogP contribution < -0.4 is 10.9 Å². The minimum absolute atomic E-state index is 0.127. The van der Waals surface area contributed by atoms with E-state index >= 15 is 0 Å². The highest BCUT2D eigenvalue weighted by atomic mass is 35.5. The molecule has 1 saturated heterocycles. The molecule has 0 saturated carbocycles. The van der Waals surface area contributed by atoms with Gasteiger partial charge in [0.25, 0.3) is 5.56 Å². The maximum absolute atomic E-state index is 11.2. The van der Waals surface area contributed by atoms with Gasteiger partial charge >= 0.3 is 0 Å². The molecule has 0 bridgehead atoms. The first kappa shape index (κ1) is 12.7. The van der Waals surface area contributed by atoms with E-state index in [1.165, 1.54) is 17.8 Å². The Morgan fingerprint density at radius 2 is 2.29 bits per heavy atom. The number of H-pyrrole nitrogens is 1. The quantitative estimate of drug-likeness (QED) is 0.854. The number of aromatic nitrogens is 2. The predicted octanol–water partition coefficient (Wildman–Crippen LogP) is 0.884. The Kier molecular flexibility index (Phi) is 4.70. The van der Waals surface area contributed by atoms with Gasteiger partial charge in [-0.1, -0.05) is 11.6 Å². The number of halogens is 1. The van der Waals surface area contributed by atoms with E-state index in [2.05, 4.69) is 20.2 Å². The third-order valence-electron chi connectivity index (χ3n) is 2.62. The number of nitrogens with zero attached hydrogens (tertiary/aromatic N) is 2. The van der Waals surface area contributed by atoms with Crippen molar-refractivity contribution in [1.82, 2.24) is 14.9 Å². The molecule has 0 radical (unpaired) electrons. The molecule has 0 amide bonds. The van der Waals surface area contributed by atoms with Crippen LogP contribution in [0.15, 0.2) is 11.1 Å². The van der Waals surface area contributed by atoms with E-state index < -0.39 is 0 Å². The van der Waals surface area contributed by atoms with Crippen molar-refractivity contribution < 1.29 is 0 Å². The fraction of sp³-hybridized carbons (Fsp3) is 0.600. The summed E-state index contributed by atoms with van der Waals surface area (Å²) in [6, 6.07) is 0. The van der Waals surface area contributed by atoms with E-state index in [1.807, 2.05) is 11.8 Å². The van der Waals surface area contributed by atoms with Gasteiger partial charge in [0.15, 0.2) is 5.82 Å². The maximum atomic E-state index is 11.2. The summed E-state index contributed by atoms with van der Waals surface area (Å²) in [7, 11) is 0.